The number of thioether (sulfide) groups is 1. The molecule has 0 radical (unpaired) electrons. The van der Waals surface area contributed by atoms with E-state index < -0.39 is 0 Å². The number of fused-ring (bicyclic) bond motifs is 1. The van der Waals surface area contributed by atoms with Crippen LogP contribution in [0.2, 0.25) is 0 Å². The maximum atomic E-state index is 8.99. The zero-order valence-corrected chi connectivity index (χ0v) is 10.3. The molecule has 1 aromatic carbocycles. The Morgan fingerprint density at radius 3 is 3.18 bits per heavy atom. The summed E-state index contributed by atoms with van der Waals surface area (Å²) in [6.45, 7) is 0.800. The van der Waals surface area contributed by atoms with Gasteiger partial charge in [0.25, 0.3) is 0 Å². The molecule has 1 unspecified atom stereocenters. The molecule has 0 amide bonds. The standard InChI is InChI=1S/C13H13N3S/c14-9-16-7-8-17-13(16)15-12-6-5-10-3-1-2-4-11(10)12/h1-4,12H,5-8H2/b15-13-. The summed E-state index contributed by atoms with van der Waals surface area (Å²) in [5, 5.41) is 9.88. The van der Waals surface area contributed by atoms with Crippen LogP contribution in [-0.4, -0.2) is 22.4 Å². The van der Waals surface area contributed by atoms with Crippen molar-refractivity contribution in [2.24, 2.45) is 4.99 Å². The van der Waals surface area contributed by atoms with Gasteiger partial charge in [-0.2, -0.15) is 5.26 Å². The number of benzene rings is 1. The highest BCUT2D eigenvalue weighted by molar-refractivity contribution is 8.14. The monoisotopic (exact) mass is 243 g/mol. The third kappa shape index (κ3) is 1.91. The third-order valence-electron chi connectivity index (χ3n) is 3.27. The van der Waals surface area contributed by atoms with E-state index in [0.29, 0.717) is 0 Å². The number of nitriles is 1. The van der Waals surface area contributed by atoms with E-state index in [-0.39, 0.29) is 6.04 Å². The number of amidine groups is 1. The van der Waals surface area contributed by atoms with E-state index in [0.717, 1.165) is 30.3 Å². The van der Waals surface area contributed by atoms with E-state index in [4.69, 9.17) is 10.3 Å². The van der Waals surface area contributed by atoms with Crippen molar-refractivity contribution >= 4 is 16.9 Å². The molecule has 1 aromatic rings. The maximum absolute atomic E-state index is 8.99. The summed E-state index contributed by atoms with van der Waals surface area (Å²) < 4.78 is 0. The van der Waals surface area contributed by atoms with Gasteiger partial charge in [-0.05, 0) is 24.0 Å². The maximum Gasteiger partial charge on any atom is 0.185 e. The minimum absolute atomic E-state index is 0.252. The number of hydrogen-bond donors (Lipinski definition) is 0. The van der Waals surface area contributed by atoms with Crippen molar-refractivity contribution in [3.63, 3.8) is 0 Å². The first kappa shape index (κ1) is 10.7. The molecular formula is C13H13N3S. The number of aryl methyl sites for hydroxylation is 1. The van der Waals surface area contributed by atoms with Crippen LogP contribution in [0.3, 0.4) is 0 Å². The van der Waals surface area contributed by atoms with E-state index in [1.165, 1.54) is 11.1 Å². The Morgan fingerprint density at radius 1 is 1.41 bits per heavy atom. The number of nitrogens with zero attached hydrogens (tertiary/aromatic N) is 3. The predicted molar refractivity (Wildman–Crippen MR) is 69.7 cm³/mol. The molecular weight excluding hydrogens is 230 g/mol. The average molecular weight is 243 g/mol. The second-order valence-electron chi connectivity index (χ2n) is 4.27. The molecule has 0 spiro atoms. The van der Waals surface area contributed by atoms with Crippen LogP contribution < -0.4 is 0 Å². The summed E-state index contributed by atoms with van der Waals surface area (Å²) in [5.74, 6) is 0.973. The van der Waals surface area contributed by atoms with Crippen LogP contribution in [0.25, 0.3) is 0 Å². The SMILES string of the molecule is N#CN1CCS/C1=N\C1CCc2ccccc21. The molecule has 1 fully saturated rings. The van der Waals surface area contributed by atoms with Crippen molar-refractivity contribution in [2.45, 2.75) is 18.9 Å². The molecule has 3 nitrogen and oxygen atoms in total. The van der Waals surface area contributed by atoms with Crippen LogP contribution in [0.1, 0.15) is 23.6 Å². The molecule has 2 aliphatic rings. The number of rotatable bonds is 1. The van der Waals surface area contributed by atoms with Gasteiger partial charge in [-0.15, -0.1) is 0 Å². The van der Waals surface area contributed by atoms with E-state index in [1.807, 2.05) is 0 Å². The third-order valence-corrected chi connectivity index (χ3v) is 4.24. The van der Waals surface area contributed by atoms with Crippen LogP contribution in [0.4, 0.5) is 0 Å². The minimum atomic E-state index is 0.252. The molecule has 0 bridgehead atoms. The van der Waals surface area contributed by atoms with Crippen molar-refractivity contribution in [3.05, 3.63) is 35.4 Å². The first-order valence-corrected chi connectivity index (χ1v) is 6.83. The van der Waals surface area contributed by atoms with E-state index in [1.54, 1.807) is 16.7 Å². The molecule has 1 aliphatic heterocycles. The highest BCUT2D eigenvalue weighted by Gasteiger charge is 2.25. The predicted octanol–water partition coefficient (Wildman–Crippen LogP) is 2.56. The van der Waals surface area contributed by atoms with Gasteiger partial charge in [0.05, 0.1) is 6.04 Å². The lowest BCUT2D eigenvalue weighted by Gasteiger charge is -2.10. The van der Waals surface area contributed by atoms with E-state index in [9.17, 15) is 0 Å². The topological polar surface area (TPSA) is 39.4 Å². The second-order valence-corrected chi connectivity index (χ2v) is 5.33. The Morgan fingerprint density at radius 2 is 2.29 bits per heavy atom. The molecule has 86 valence electrons. The summed E-state index contributed by atoms with van der Waals surface area (Å²) in [4.78, 5) is 6.45. The fourth-order valence-electron chi connectivity index (χ4n) is 2.40. The van der Waals surface area contributed by atoms with Crippen molar-refractivity contribution in [1.29, 1.82) is 5.26 Å². The first-order valence-electron chi connectivity index (χ1n) is 5.84. The van der Waals surface area contributed by atoms with Gasteiger partial charge in [0, 0.05) is 12.3 Å². The van der Waals surface area contributed by atoms with Gasteiger partial charge in [0.15, 0.2) is 11.4 Å². The van der Waals surface area contributed by atoms with Gasteiger partial charge in [-0.25, -0.2) is 0 Å². The van der Waals surface area contributed by atoms with Crippen LogP contribution >= 0.6 is 11.8 Å². The summed E-state index contributed by atoms with van der Waals surface area (Å²) in [6.07, 6.45) is 4.37. The van der Waals surface area contributed by atoms with Crippen molar-refractivity contribution in [1.82, 2.24) is 4.90 Å². The van der Waals surface area contributed by atoms with Gasteiger partial charge < -0.3 is 0 Å². The summed E-state index contributed by atoms with van der Waals surface area (Å²) in [5.41, 5.74) is 2.75. The highest BCUT2D eigenvalue weighted by Crippen LogP contribution is 2.35. The Kier molecular flexibility index (Phi) is 2.77. The summed E-state index contributed by atoms with van der Waals surface area (Å²) in [6, 6.07) is 8.75. The van der Waals surface area contributed by atoms with Gasteiger partial charge >= 0.3 is 0 Å². The Hall–Kier alpha value is -1.47. The second kappa shape index (κ2) is 4.42. The molecule has 1 heterocycles. The van der Waals surface area contributed by atoms with Crippen LogP contribution in [-0.2, 0) is 6.42 Å². The normalized spacial score (nSPS) is 25.0. The largest absolute Gasteiger partial charge is 0.257 e. The van der Waals surface area contributed by atoms with Crippen molar-refractivity contribution in [3.8, 4) is 6.19 Å². The van der Waals surface area contributed by atoms with Crippen LogP contribution in [0, 0.1) is 11.5 Å². The zero-order chi connectivity index (χ0) is 11.7. The molecule has 0 aromatic heterocycles. The van der Waals surface area contributed by atoms with E-state index in [2.05, 4.69) is 30.5 Å². The minimum Gasteiger partial charge on any atom is -0.257 e. The van der Waals surface area contributed by atoms with Crippen molar-refractivity contribution in [2.75, 3.05) is 12.3 Å². The zero-order valence-electron chi connectivity index (χ0n) is 9.47. The van der Waals surface area contributed by atoms with Gasteiger partial charge in [0.1, 0.15) is 0 Å². The smallest absolute Gasteiger partial charge is 0.185 e. The molecule has 0 saturated carbocycles. The lowest BCUT2D eigenvalue weighted by Crippen LogP contribution is -2.18. The van der Waals surface area contributed by atoms with Gasteiger partial charge in [-0.3, -0.25) is 9.89 Å². The van der Waals surface area contributed by atoms with E-state index >= 15 is 0 Å². The van der Waals surface area contributed by atoms with Gasteiger partial charge in [-0.1, -0.05) is 36.0 Å². The first-order chi connectivity index (χ1) is 8.38. The Labute approximate surface area is 105 Å². The Bertz CT molecular complexity index is 504. The molecule has 1 atom stereocenters. The quantitative estimate of drug-likeness (QED) is 0.712. The molecule has 17 heavy (non-hydrogen) atoms. The summed E-state index contributed by atoms with van der Waals surface area (Å²) >= 11 is 1.69. The van der Waals surface area contributed by atoms with Crippen LogP contribution in [0.5, 0.6) is 0 Å². The highest BCUT2D eigenvalue weighted by atomic mass is 32.2. The summed E-state index contributed by atoms with van der Waals surface area (Å²) in [7, 11) is 0. The van der Waals surface area contributed by atoms with Crippen LogP contribution in [0.15, 0.2) is 29.3 Å². The fourth-order valence-corrected chi connectivity index (χ4v) is 3.35. The Balaban J connectivity index is 1.88. The number of hydrogen-bond acceptors (Lipinski definition) is 3. The molecule has 1 saturated heterocycles. The molecule has 4 heteroatoms. The lowest BCUT2D eigenvalue weighted by atomic mass is 10.1. The molecule has 3 rings (SSSR count). The average Bonchev–Trinajstić information content (AvgIpc) is 2.97. The van der Waals surface area contributed by atoms with Gasteiger partial charge in [0.2, 0.25) is 0 Å². The van der Waals surface area contributed by atoms with Crippen molar-refractivity contribution < 1.29 is 0 Å². The molecule has 0 N–H and O–H groups in total. The number of aliphatic imine (C=N–C) groups is 1. The lowest BCUT2D eigenvalue weighted by molar-refractivity contribution is 0.621. The molecule has 1 aliphatic carbocycles. The fraction of sp³-hybridized carbons (Fsp3) is 0.385.